The third-order valence-electron chi connectivity index (χ3n) is 3.87. The van der Waals surface area contributed by atoms with Crippen molar-refractivity contribution < 1.29 is 24.8 Å². The molecule has 0 bridgehead atoms. The van der Waals surface area contributed by atoms with Crippen LogP contribution in [-0.4, -0.2) is 79.5 Å². The number of methoxy groups -OCH3 is 1. The highest BCUT2D eigenvalue weighted by molar-refractivity contribution is 5.82. The molecule has 4 N–H and O–H groups in total. The number of fused-ring (bicyclic) bond motifs is 1. The number of nitrogens with one attached hydrogen (secondary N) is 1. The van der Waals surface area contributed by atoms with Crippen LogP contribution in [0.1, 0.15) is 13.2 Å². The number of aliphatic hydroxyl groups excluding tert-OH is 3. The maximum atomic E-state index is 10.3. The minimum absolute atomic E-state index is 0.164. The van der Waals surface area contributed by atoms with E-state index in [1.807, 2.05) is 0 Å². The van der Waals surface area contributed by atoms with E-state index in [2.05, 4.69) is 20.3 Å². The molecule has 0 aromatic carbocycles. The van der Waals surface area contributed by atoms with E-state index in [0.717, 1.165) is 0 Å². The molecule has 3 unspecified atom stereocenters. The molecular formula is C14H21N5O5. The molecule has 0 aliphatic carbocycles. The quantitative estimate of drug-likeness (QED) is 0.516. The Labute approximate surface area is 138 Å². The van der Waals surface area contributed by atoms with Crippen LogP contribution in [0.25, 0.3) is 11.2 Å². The van der Waals surface area contributed by atoms with Crippen molar-refractivity contribution in [2.45, 2.75) is 37.6 Å². The minimum atomic E-state index is -1.13. The number of anilines is 1. The molecule has 10 nitrogen and oxygen atoms in total. The van der Waals surface area contributed by atoms with Gasteiger partial charge in [0.15, 0.2) is 23.2 Å². The average Bonchev–Trinajstić information content (AvgIpc) is 3.10. The van der Waals surface area contributed by atoms with E-state index < -0.39 is 30.6 Å². The van der Waals surface area contributed by atoms with Crippen molar-refractivity contribution in [3.8, 4) is 0 Å². The molecule has 2 aromatic heterocycles. The number of ether oxygens (including phenoxy) is 2. The fourth-order valence-electron chi connectivity index (χ4n) is 2.67. The highest BCUT2D eigenvalue weighted by Crippen LogP contribution is 2.32. The van der Waals surface area contributed by atoms with Gasteiger partial charge in [-0.15, -0.1) is 0 Å². The molecule has 0 amide bonds. The van der Waals surface area contributed by atoms with Crippen LogP contribution >= 0.6 is 0 Å². The zero-order chi connectivity index (χ0) is 17.3. The van der Waals surface area contributed by atoms with Gasteiger partial charge in [-0.3, -0.25) is 4.57 Å². The lowest BCUT2D eigenvalue weighted by atomic mass is 10.1. The molecule has 0 saturated carbocycles. The van der Waals surface area contributed by atoms with Crippen molar-refractivity contribution in [3.63, 3.8) is 0 Å². The van der Waals surface area contributed by atoms with Crippen molar-refractivity contribution in [2.24, 2.45) is 0 Å². The molecule has 1 aliphatic heterocycles. The Balaban J connectivity index is 1.89. The van der Waals surface area contributed by atoms with Crippen molar-refractivity contribution in [3.05, 3.63) is 12.7 Å². The van der Waals surface area contributed by atoms with Gasteiger partial charge in [0.2, 0.25) is 0 Å². The first kappa shape index (κ1) is 17.0. The molecule has 0 spiro atoms. The SMILES string of the molecule is COC[C@H]1O[C@@H](n2cnc3c(NCC(C)O)ncnc32)C(O)C1O. The topological polar surface area (TPSA) is 135 Å². The first-order valence-corrected chi connectivity index (χ1v) is 7.63. The minimum Gasteiger partial charge on any atom is -0.392 e. The summed E-state index contributed by atoms with van der Waals surface area (Å²) in [4.78, 5) is 12.6. The smallest absolute Gasteiger partial charge is 0.167 e. The summed E-state index contributed by atoms with van der Waals surface area (Å²) in [5.41, 5.74) is 0.936. The van der Waals surface area contributed by atoms with Gasteiger partial charge >= 0.3 is 0 Å². The van der Waals surface area contributed by atoms with E-state index in [9.17, 15) is 15.3 Å². The van der Waals surface area contributed by atoms with Crippen molar-refractivity contribution in [2.75, 3.05) is 25.6 Å². The molecule has 5 atom stereocenters. The molecule has 1 aliphatic rings. The molecule has 2 aromatic rings. The maximum absolute atomic E-state index is 10.3. The van der Waals surface area contributed by atoms with Crippen LogP contribution < -0.4 is 5.32 Å². The number of aliphatic hydroxyl groups is 3. The summed E-state index contributed by atoms with van der Waals surface area (Å²) in [5.74, 6) is 0.473. The first-order valence-electron chi connectivity index (χ1n) is 7.63. The molecule has 10 heteroatoms. The van der Waals surface area contributed by atoms with Crippen LogP contribution in [-0.2, 0) is 9.47 Å². The number of nitrogens with zero attached hydrogens (tertiary/aromatic N) is 4. The van der Waals surface area contributed by atoms with Crippen LogP contribution in [0, 0.1) is 0 Å². The average molecular weight is 339 g/mol. The Morgan fingerprint density at radius 1 is 1.33 bits per heavy atom. The zero-order valence-electron chi connectivity index (χ0n) is 13.4. The second kappa shape index (κ2) is 6.95. The predicted octanol–water partition coefficient (Wildman–Crippen LogP) is -1.12. The maximum Gasteiger partial charge on any atom is 0.167 e. The summed E-state index contributed by atoms with van der Waals surface area (Å²) in [6.45, 7) is 2.14. The summed E-state index contributed by atoms with van der Waals surface area (Å²) in [6, 6.07) is 0. The lowest BCUT2D eigenvalue weighted by molar-refractivity contribution is -0.0580. The van der Waals surface area contributed by atoms with Crippen LogP contribution in [0.4, 0.5) is 5.82 Å². The molecule has 1 fully saturated rings. The second-order valence-corrected chi connectivity index (χ2v) is 5.78. The summed E-state index contributed by atoms with van der Waals surface area (Å²) in [6.07, 6.45) is -1.37. The largest absolute Gasteiger partial charge is 0.392 e. The number of hydrogen-bond donors (Lipinski definition) is 4. The van der Waals surface area contributed by atoms with E-state index in [1.165, 1.54) is 19.8 Å². The second-order valence-electron chi connectivity index (χ2n) is 5.78. The highest BCUT2D eigenvalue weighted by Gasteiger charge is 2.44. The highest BCUT2D eigenvalue weighted by atomic mass is 16.6. The lowest BCUT2D eigenvalue weighted by Gasteiger charge is -2.16. The monoisotopic (exact) mass is 339 g/mol. The van der Waals surface area contributed by atoms with Gasteiger partial charge in [0.25, 0.3) is 0 Å². The number of rotatable bonds is 6. The van der Waals surface area contributed by atoms with Gasteiger partial charge in [-0.05, 0) is 6.92 Å². The normalized spacial score (nSPS) is 28.4. The fraction of sp³-hybridized carbons (Fsp3) is 0.643. The summed E-state index contributed by atoms with van der Waals surface area (Å²) in [7, 11) is 1.50. The summed E-state index contributed by atoms with van der Waals surface area (Å²) < 4.78 is 12.2. The Morgan fingerprint density at radius 2 is 2.12 bits per heavy atom. The van der Waals surface area contributed by atoms with Crippen LogP contribution in [0.2, 0.25) is 0 Å². The van der Waals surface area contributed by atoms with E-state index in [1.54, 1.807) is 11.5 Å². The van der Waals surface area contributed by atoms with Gasteiger partial charge in [-0.2, -0.15) is 0 Å². The number of hydrogen-bond acceptors (Lipinski definition) is 9. The van der Waals surface area contributed by atoms with Gasteiger partial charge < -0.3 is 30.1 Å². The van der Waals surface area contributed by atoms with Gasteiger partial charge in [0, 0.05) is 13.7 Å². The van der Waals surface area contributed by atoms with Crippen molar-refractivity contribution >= 4 is 17.0 Å². The third kappa shape index (κ3) is 3.06. The van der Waals surface area contributed by atoms with Crippen LogP contribution in [0.5, 0.6) is 0 Å². The number of aromatic nitrogens is 4. The third-order valence-corrected chi connectivity index (χ3v) is 3.87. The molecular weight excluding hydrogens is 318 g/mol. The Kier molecular flexibility index (Phi) is 4.92. The van der Waals surface area contributed by atoms with Crippen LogP contribution in [0.3, 0.4) is 0 Å². The lowest BCUT2D eigenvalue weighted by Crippen LogP contribution is -2.33. The van der Waals surface area contributed by atoms with Gasteiger partial charge in [-0.1, -0.05) is 0 Å². The number of imidazole rings is 1. The van der Waals surface area contributed by atoms with E-state index in [-0.39, 0.29) is 6.61 Å². The van der Waals surface area contributed by atoms with Gasteiger partial charge in [0.1, 0.15) is 24.6 Å². The Hall–Kier alpha value is -1.85. The Morgan fingerprint density at radius 3 is 2.83 bits per heavy atom. The van der Waals surface area contributed by atoms with Crippen LogP contribution in [0.15, 0.2) is 12.7 Å². The molecule has 24 heavy (non-hydrogen) atoms. The molecule has 3 rings (SSSR count). The van der Waals surface area contributed by atoms with Gasteiger partial charge in [0.05, 0.1) is 19.0 Å². The van der Waals surface area contributed by atoms with Crippen molar-refractivity contribution in [1.82, 2.24) is 19.5 Å². The van der Waals surface area contributed by atoms with Crippen molar-refractivity contribution in [1.29, 1.82) is 0 Å². The standard InChI is InChI=1S/C14H21N5O5/c1-7(20)3-15-12-9-13(17-5-16-12)19(6-18-9)14-11(22)10(21)8(24-14)4-23-2/h5-8,10-11,14,20-22H,3-4H2,1-2H3,(H,15,16,17)/t7?,8-,10?,11?,14-/m1/s1. The summed E-state index contributed by atoms with van der Waals surface area (Å²) in [5, 5.41) is 32.7. The zero-order valence-corrected chi connectivity index (χ0v) is 13.4. The van der Waals surface area contributed by atoms with E-state index in [0.29, 0.717) is 23.5 Å². The first-order chi connectivity index (χ1) is 11.5. The molecule has 1 saturated heterocycles. The fourth-order valence-corrected chi connectivity index (χ4v) is 2.67. The van der Waals surface area contributed by atoms with Gasteiger partial charge in [-0.25, -0.2) is 15.0 Å². The van der Waals surface area contributed by atoms with E-state index in [4.69, 9.17) is 9.47 Å². The molecule has 132 valence electrons. The Bertz CT molecular complexity index is 693. The molecule has 0 radical (unpaired) electrons. The molecule has 3 heterocycles. The predicted molar refractivity (Wildman–Crippen MR) is 83.3 cm³/mol. The van der Waals surface area contributed by atoms with E-state index >= 15 is 0 Å². The summed E-state index contributed by atoms with van der Waals surface area (Å²) >= 11 is 0.